The summed E-state index contributed by atoms with van der Waals surface area (Å²) in [7, 11) is 0. The molecule has 0 fully saturated rings. The molecule has 1 atom stereocenters. The molecular formula is C27H33NO. The highest BCUT2D eigenvalue weighted by atomic mass is 16.3. The van der Waals surface area contributed by atoms with Crippen LogP contribution in [-0.4, -0.2) is 11.3 Å². The number of hydrogen-bond acceptors (Lipinski definition) is 2. The summed E-state index contributed by atoms with van der Waals surface area (Å²) >= 11 is 0. The van der Waals surface area contributed by atoms with E-state index in [1.165, 1.54) is 21.9 Å². The van der Waals surface area contributed by atoms with Gasteiger partial charge in [-0.25, -0.2) is 0 Å². The molecule has 0 aliphatic rings. The van der Waals surface area contributed by atoms with Gasteiger partial charge in [-0.2, -0.15) is 0 Å². The average Bonchev–Trinajstić information content (AvgIpc) is 2.64. The van der Waals surface area contributed by atoms with E-state index in [-0.39, 0.29) is 16.9 Å². The summed E-state index contributed by atoms with van der Waals surface area (Å²) in [6, 6.07) is 19.0. The Bertz CT molecular complexity index is 1040. The molecule has 152 valence electrons. The maximum atomic E-state index is 11.0. The largest absolute Gasteiger partial charge is 0.507 e. The minimum Gasteiger partial charge on any atom is -0.507 e. The van der Waals surface area contributed by atoms with E-state index in [9.17, 15) is 5.11 Å². The van der Waals surface area contributed by atoms with Crippen LogP contribution in [-0.2, 0) is 10.8 Å². The summed E-state index contributed by atoms with van der Waals surface area (Å²) in [5.41, 5.74) is 4.01. The third-order valence-electron chi connectivity index (χ3n) is 5.52. The van der Waals surface area contributed by atoms with Crippen molar-refractivity contribution >= 4 is 17.0 Å². The highest BCUT2D eigenvalue weighted by Crippen LogP contribution is 2.37. The summed E-state index contributed by atoms with van der Waals surface area (Å²) in [5, 5.41) is 13.4. The SMILES string of the molecule is C[C@H](N=Cc1cc(C(C)(C)C)cc(C(C)(C)C)c1O)c1cccc2ccccc12. The molecule has 3 rings (SSSR count). The molecule has 0 bridgehead atoms. The van der Waals surface area contributed by atoms with Crippen molar-refractivity contribution in [1.29, 1.82) is 0 Å². The molecule has 0 spiro atoms. The molecule has 3 aromatic carbocycles. The molecule has 2 heteroatoms. The van der Waals surface area contributed by atoms with Crippen molar-refractivity contribution in [2.75, 3.05) is 0 Å². The lowest BCUT2D eigenvalue weighted by Gasteiger charge is -2.27. The predicted molar refractivity (Wildman–Crippen MR) is 125 cm³/mol. The number of aromatic hydroxyl groups is 1. The van der Waals surface area contributed by atoms with E-state index >= 15 is 0 Å². The second kappa shape index (κ2) is 7.67. The van der Waals surface area contributed by atoms with Crippen molar-refractivity contribution in [1.82, 2.24) is 0 Å². The van der Waals surface area contributed by atoms with E-state index in [1.54, 1.807) is 0 Å². The zero-order valence-electron chi connectivity index (χ0n) is 18.7. The first-order valence-corrected chi connectivity index (χ1v) is 10.4. The molecule has 0 heterocycles. The summed E-state index contributed by atoms with van der Waals surface area (Å²) in [6.07, 6.45) is 1.84. The maximum absolute atomic E-state index is 11.0. The fourth-order valence-corrected chi connectivity index (χ4v) is 3.65. The summed E-state index contributed by atoms with van der Waals surface area (Å²) in [4.78, 5) is 4.84. The van der Waals surface area contributed by atoms with Crippen LogP contribution < -0.4 is 0 Å². The van der Waals surface area contributed by atoms with Gasteiger partial charge in [-0.1, -0.05) is 90.1 Å². The number of rotatable bonds is 3. The third kappa shape index (κ3) is 4.53. The highest BCUT2D eigenvalue weighted by molar-refractivity contribution is 5.88. The molecule has 0 aromatic heterocycles. The van der Waals surface area contributed by atoms with Crippen molar-refractivity contribution in [2.45, 2.75) is 65.3 Å². The average molecular weight is 388 g/mol. The fraction of sp³-hybridized carbons (Fsp3) is 0.370. The number of benzene rings is 3. The molecule has 0 amide bonds. The van der Waals surface area contributed by atoms with Crippen LogP contribution in [0.3, 0.4) is 0 Å². The Kier molecular flexibility index (Phi) is 5.58. The Hall–Kier alpha value is -2.61. The second-order valence-corrected chi connectivity index (χ2v) is 9.98. The lowest BCUT2D eigenvalue weighted by molar-refractivity contribution is 0.444. The second-order valence-electron chi connectivity index (χ2n) is 9.98. The van der Waals surface area contributed by atoms with Crippen molar-refractivity contribution in [3.63, 3.8) is 0 Å². The van der Waals surface area contributed by atoms with Gasteiger partial charge in [0.1, 0.15) is 5.75 Å². The molecule has 2 nitrogen and oxygen atoms in total. The van der Waals surface area contributed by atoms with Crippen LogP contribution in [0.1, 0.15) is 76.8 Å². The topological polar surface area (TPSA) is 32.6 Å². The number of nitrogens with zero attached hydrogens (tertiary/aromatic N) is 1. The molecular weight excluding hydrogens is 354 g/mol. The van der Waals surface area contributed by atoms with Gasteiger partial charge in [0.2, 0.25) is 0 Å². The zero-order chi connectivity index (χ0) is 21.4. The van der Waals surface area contributed by atoms with Gasteiger partial charge < -0.3 is 5.11 Å². The Labute approximate surface area is 175 Å². The first-order valence-electron chi connectivity index (χ1n) is 10.4. The molecule has 29 heavy (non-hydrogen) atoms. The van der Waals surface area contributed by atoms with Crippen LogP contribution in [0.2, 0.25) is 0 Å². The van der Waals surface area contributed by atoms with E-state index in [4.69, 9.17) is 4.99 Å². The van der Waals surface area contributed by atoms with Crippen molar-refractivity contribution in [3.05, 3.63) is 76.9 Å². The first-order chi connectivity index (χ1) is 13.5. The van der Waals surface area contributed by atoms with E-state index in [2.05, 4.69) is 103 Å². The van der Waals surface area contributed by atoms with Gasteiger partial charge in [0.15, 0.2) is 0 Å². The Balaban J connectivity index is 2.05. The molecule has 0 unspecified atom stereocenters. The molecule has 0 radical (unpaired) electrons. The quantitative estimate of drug-likeness (QED) is 0.469. The number of phenolic OH excluding ortho intramolecular Hbond substituents is 1. The van der Waals surface area contributed by atoms with Crippen molar-refractivity contribution < 1.29 is 5.11 Å². The molecule has 3 aromatic rings. The van der Waals surface area contributed by atoms with E-state index in [0.29, 0.717) is 5.75 Å². The van der Waals surface area contributed by atoms with Gasteiger partial charge in [-0.05, 0) is 45.7 Å². The fourth-order valence-electron chi connectivity index (χ4n) is 3.65. The van der Waals surface area contributed by atoms with Crippen LogP contribution in [0.5, 0.6) is 5.75 Å². The van der Waals surface area contributed by atoms with Gasteiger partial charge in [-0.15, -0.1) is 0 Å². The molecule has 1 N–H and O–H groups in total. The Morgan fingerprint density at radius 1 is 0.862 bits per heavy atom. The monoisotopic (exact) mass is 387 g/mol. The van der Waals surface area contributed by atoms with E-state index in [0.717, 1.165) is 11.1 Å². The van der Waals surface area contributed by atoms with Gasteiger partial charge in [0.25, 0.3) is 0 Å². The van der Waals surface area contributed by atoms with Crippen LogP contribution in [0.25, 0.3) is 10.8 Å². The number of hydrogen-bond donors (Lipinski definition) is 1. The van der Waals surface area contributed by atoms with Gasteiger partial charge in [0.05, 0.1) is 6.04 Å². The maximum Gasteiger partial charge on any atom is 0.128 e. The lowest BCUT2D eigenvalue weighted by atomic mass is 9.79. The Morgan fingerprint density at radius 3 is 2.17 bits per heavy atom. The van der Waals surface area contributed by atoms with Crippen LogP contribution in [0, 0.1) is 0 Å². The van der Waals surface area contributed by atoms with Crippen LogP contribution in [0.15, 0.2) is 59.6 Å². The Morgan fingerprint density at radius 2 is 1.52 bits per heavy atom. The minimum atomic E-state index is -0.144. The summed E-state index contributed by atoms with van der Waals surface area (Å²) < 4.78 is 0. The third-order valence-corrected chi connectivity index (χ3v) is 5.52. The number of fused-ring (bicyclic) bond motifs is 1. The number of aliphatic imine (C=N–C) groups is 1. The molecule has 0 aliphatic carbocycles. The lowest BCUT2D eigenvalue weighted by Crippen LogP contribution is -2.17. The van der Waals surface area contributed by atoms with Crippen molar-refractivity contribution in [3.8, 4) is 5.75 Å². The molecule has 0 saturated heterocycles. The standard InChI is InChI=1S/C27H33NO/c1-18(22-14-10-12-19-11-8-9-13-23(19)22)28-17-20-15-21(26(2,3)4)16-24(25(20)29)27(5,6)7/h8-18,29H,1-7H3/t18-/m0/s1. The summed E-state index contributed by atoms with van der Waals surface area (Å²) in [6.45, 7) is 15.1. The van der Waals surface area contributed by atoms with Crippen LogP contribution >= 0.6 is 0 Å². The van der Waals surface area contributed by atoms with Gasteiger partial charge >= 0.3 is 0 Å². The van der Waals surface area contributed by atoms with Gasteiger partial charge in [0, 0.05) is 17.3 Å². The minimum absolute atomic E-state index is 0.00244. The molecule has 0 aliphatic heterocycles. The van der Waals surface area contributed by atoms with E-state index < -0.39 is 0 Å². The first kappa shape index (κ1) is 21.1. The predicted octanol–water partition coefficient (Wildman–Crippen LogP) is 7.32. The zero-order valence-corrected chi connectivity index (χ0v) is 18.7. The van der Waals surface area contributed by atoms with Gasteiger partial charge in [-0.3, -0.25) is 4.99 Å². The number of phenols is 1. The van der Waals surface area contributed by atoms with Crippen molar-refractivity contribution in [2.24, 2.45) is 4.99 Å². The van der Waals surface area contributed by atoms with Crippen LogP contribution in [0.4, 0.5) is 0 Å². The highest BCUT2D eigenvalue weighted by Gasteiger charge is 2.24. The van der Waals surface area contributed by atoms with E-state index in [1.807, 2.05) is 6.21 Å². The normalized spacial score (nSPS) is 13.9. The molecule has 0 saturated carbocycles. The smallest absolute Gasteiger partial charge is 0.128 e. The summed E-state index contributed by atoms with van der Waals surface area (Å²) in [5.74, 6) is 0.333.